The summed E-state index contributed by atoms with van der Waals surface area (Å²) in [6, 6.07) is 0. The van der Waals surface area contributed by atoms with Crippen molar-refractivity contribution in [2.24, 2.45) is 56.7 Å². The second-order valence-corrected chi connectivity index (χ2v) is 17.2. The maximum Gasteiger partial charge on any atom is 0.314 e. The molecule has 0 unspecified atom stereocenters. The van der Waals surface area contributed by atoms with Crippen LogP contribution in [-0.4, -0.2) is 74.3 Å². The highest BCUT2D eigenvalue weighted by molar-refractivity contribution is 5.84. The summed E-state index contributed by atoms with van der Waals surface area (Å²) in [6.07, 6.45) is 2.36. The van der Waals surface area contributed by atoms with Crippen LogP contribution in [0.4, 0.5) is 0 Å². The van der Waals surface area contributed by atoms with Crippen molar-refractivity contribution in [3.8, 4) is 0 Å². The number of aliphatic carboxylic acids is 2. The predicted molar refractivity (Wildman–Crippen MR) is 166 cm³/mol. The van der Waals surface area contributed by atoms with Gasteiger partial charge in [0.2, 0.25) is 0 Å². The van der Waals surface area contributed by atoms with E-state index in [2.05, 4.69) is 47.6 Å². The SMILES string of the molecule is C[C@H]1[C@H](C)CC[C@]2(C(=O)O)CC[C@]3(C(=O)O)C(=CC[C@@H]4[C@@]5(C)CC[C@H](O[C@@H]6O[C@H](C)[C@H](O)[C@H](O)[C@H]6O)C(C)(C)[C@H]5CC[C@]43C)[C@H]12. The highest BCUT2D eigenvalue weighted by Crippen LogP contribution is 2.76. The van der Waals surface area contributed by atoms with Gasteiger partial charge in [-0.2, -0.15) is 0 Å². The van der Waals surface area contributed by atoms with Gasteiger partial charge in [0.15, 0.2) is 6.29 Å². The summed E-state index contributed by atoms with van der Waals surface area (Å²) in [5, 5.41) is 53.2. The van der Waals surface area contributed by atoms with Crippen molar-refractivity contribution in [1.82, 2.24) is 0 Å². The van der Waals surface area contributed by atoms with Gasteiger partial charge in [-0.1, -0.05) is 53.2 Å². The number of ether oxygens (including phenoxy) is 2. The van der Waals surface area contributed by atoms with Gasteiger partial charge in [0, 0.05) is 0 Å². The average molecular weight is 633 g/mol. The lowest BCUT2D eigenvalue weighted by Crippen LogP contribution is -2.68. The van der Waals surface area contributed by atoms with Crippen LogP contribution in [0, 0.1) is 56.7 Å². The molecule has 6 aliphatic rings. The first-order chi connectivity index (χ1) is 20.9. The Bertz CT molecular complexity index is 1250. The number of rotatable bonds is 4. The van der Waals surface area contributed by atoms with Gasteiger partial charge in [0.1, 0.15) is 18.3 Å². The maximum atomic E-state index is 13.8. The third-order valence-corrected chi connectivity index (χ3v) is 15.3. The van der Waals surface area contributed by atoms with Crippen LogP contribution in [0.5, 0.6) is 0 Å². The van der Waals surface area contributed by atoms with E-state index < -0.39 is 58.9 Å². The minimum atomic E-state index is -1.36. The Morgan fingerprint density at radius 1 is 0.822 bits per heavy atom. The van der Waals surface area contributed by atoms with Crippen molar-refractivity contribution >= 4 is 11.9 Å². The first-order valence-corrected chi connectivity index (χ1v) is 17.4. The zero-order valence-corrected chi connectivity index (χ0v) is 28.2. The average Bonchev–Trinajstić information content (AvgIpc) is 2.97. The summed E-state index contributed by atoms with van der Waals surface area (Å²) in [6.45, 7) is 15.0. The van der Waals surface area contributed by atoms with Crippen LogP contribution in [0.25, 0.3) is 0 Å². The van der Waals surface area contributed by atoms with Crippen LogP contribution < -0.4 is 0 Å². The molecule has 0 aromatic carbocycles. The van der Waals surface area contributed by atoms with E-state index in [4.69, 9.17) is 9.47 Å². The number of carbonyl (C=O) groups is 2. The molecular formula is C36H56O9. The number of allylic oxidation sites excluding steroid dienone is 1. The van der Waals surface area contributed by atoms with E-state index in [1.165, 1.54) is 0 Å². The normalized spacial score (nSPS) is 54.0. The Morgan fingerprint density at radius 2 is 1.51 bits per heavy atom. The highest BCUT2D eigenvalue weighted by Gasteiger charge is 2.73. The number of carboxylic acid groups (broad SMARTS) is 2. The van der Waals surface area contributed by atoms with Crippen molar-refractivity contribution in [2.75, 3.05) is 0 Å². The van der Waals surface area contributed by atoms with Crippen LogP contribution in [0.15, 0.2) is 11.6 Å². The Morgan fingerprint density at radius 3 is 2.16 bits per heavy atom. The lowest BCUT2D eigenvalue weighted by molar-refractivity contribution is -0.324. The molecule has 4 saturated carbocycles. The smallest absolute Gasteiger partial charge is 0.314 e. The van der Waals surface area contributed by atoms with Crippen molar-refractivity contribution in [3.05, 3.63) is 11.6 Å². The van der Waals surface area contributed by atoms with Gasteiger partial charge in [-0.25, -0.2) is 0 Å². The van der Waals surface area contributed by atoms with E-state index >= 15 is 0 Å². The lowest BCUT2D eigenvalue weighted by atomic mass is 9.33. The Labute approximate surface area is 267 Å². The topological polar surface area (TPSA) is 154 Å². The van der Waals surface area contributed by atoms with E-state index in [9.17, 15) is 35.1 Å². The van der Waals surface area contributed by atoms with E-state index in [0.29, 0.717) is 31.6 Å². The van der Waals surface area contributed by atoms with Crippen LogP contribution in [0.2, 0.25) is 0 Å². The Balaban J connectivity index is 1.35. The molecule has 254 valence electrons. The van der Waals surface area contributed by atoms with Gasteiger partial charge in [0.25, 0.3) is 0 Å². The Kier molecular flexibility index (Phi) is 7.97. The lowest BCUT2D eigenvalue weighted by Gasteiger charge is -2.70. The fraction of sp³-hybridized carbons (Fsp3) is 0.889. The first kappa shape index (κ1) is 33.4. The molecule has 5 fully saturated rings. The molecule has 45 heavy (non-hydrogen) atoms. The number of hydrogen-bond donors (Lipinski definition) is 5. The summed E-state index contributed by atoms with van der Waals surface area (Å²) in [5.41, 5.74) is -2.13. The van der Waals surface area contributed by atoms with Crippen molar-refractivity contribution < 1.29 is 44.6 Å². The molecule has 0 aromatic heterocycles. The molecule has 0 bridgehead atoms. The van der Waals surface area contributed by atoms with Gasteiger partial charge in [-0.15, -0.1) is 0 Å². The molecule has 5 N–H and O–H groups in total. The number of aliphatic hydroxyl groups is 3. The summed E-state index contributed by atoms with van der Waals surface area (Å²) in [4.78, 5) is 26.8. The van der Waals surface area contributed by atoms with Gasteiger partial charge in [0.05, 0.1) is 23.0 Å². The molecule has 0 amide bonds. The predicted octanol–water partition coefficient (Wildman–Crippen LogP) is 5.01. The fourth-order valence-corrected chi connectivity index (χ4v) is 12.5. The summed E-state index contributed by atoms with van der Waals surface area (Å²) in [7, 11) is 0. The molecule has 0 spiro atoms. The van der Waals surface area contributed by atoms with Crippen LogP contribution in [0.1, 0.15) is 106 Å². The van der Waals surface area contributed by atoms with Crippen LogP contribution >= 0.6 is 0 Å². The van der Waals surface area contributed by atoms with E-state index in [1.54, 1.807) is 6.92 Å². The largest absolute Gasteiger partial charge is 0.481 e. The number of carboxylic acids is 2. The Hall–Kier alpha value is -1.52. The molecule has 9 heteroatoms. The standard InChI is InChI=1S/C36H56O9/c1-18-10-15-35(30(40)41)16-17-36(31(42)43)21(25(35)19(18)2)8-9-23-33(6)13-12-24(32(4,5)22(33)11-14-34(23,36)7)45-29-28(39)27(38)26(37)20(3)44-29/h8,18-20,22-29,37-39H,9-17H2,1-7H3,(H,40,41)(H,42,43)/t18-,19+,20-,22-,23-,24+,25+,26+,27+,28-,29+,33+,34-,35+,36-/m1/s1. The van der Waals surface area contributed by atoms with E-state index in [-0.39, 0.29) is 40.6 Å². The summed E-state index contributed by atoms with van der Waals surface area (Å²) >= 11 is 0. The molecule has 15 atom stereocenters. The number of fused-ring (bicyclic) bond motifs is 7. The molecule has 5 aliphatic carbocycles. The summed E-state index contributed by atoms with van der Waals surface area (Å²) < 4.78 is 12.3. The third-order valence-electron chi connectivity index (χ3n) is 15.3. The first-order valence-electron chi connectivity index (χ1n) is 17.4. The molecule has 0 radical (unpaired) electrons. The molecule has 6 rings (SSSR count). The van der Waals surface area contributed by atoms with Crippen LogP contribution in [-0.2, 0) is 19.1 Å². The van der Waals surface area contributed by atoms with E-state index in [1.807, 2.05) is 0 Å². The maximum absolute atomic E-state index is 13.8. The molecular weight excluding hydrogens is 576 g/mol. The van der Waals surface area contributed by atoms with E-state index in [0.717, 1.165) is 37.7 Å². The van der Waals surface area contributed by atoms with Gasteiger partial charge in [-0.3, -0.25) is 9.59 Å². The minimum Gasteiger partial charge on any atom is -0.481 e. The van der Waals surface area contributed by atoms with Gasteiger partial charge < -0.3 is 35.0 Å². The molecule has 0 aromatic rings. The molecule has 9 nitrogen and oxygen atoms in total. The number of aliphatic hydroxyl groups excluding tert-OH is 3. The second-order valence-electron chi connectivity index (χ2n) is 17.2. The van der Waals surface area contributed by atoms with Crippen LogP contribution in [0.3, 0.4) is 0 Å². The minimum absolute atomic E-state index is 0.0958. The van der Waals surface area contributed by atoms with Gasteiger partial charge in [-0.05, 0) is 111 Å². The van der Waals surface area contributed by atoms with Crippen molar-refractivity contribution in [2.45, 2.75) is 143 Å². The highest BCUT2D eigenvalue weighted by atomic mass is 16.7. The summed E-state index contributed by atoms with van der Waals surface area (Å²) in [5.74, 6) is -1.08. The quantitative estimate of drug-likeness (QED) is 0.213. The van der Waals surface area contributed by atoms with Crippen molar-refractivity contribution in [3.63, 3.8) is 0 Å². The second kappa shape index (κ2) is 10.7. The molecule has 1 saturated heterocycles. The fourth-order valence-electron chi connectivity index (χ4n) is 12.5. The zero-order chi connectivity index (χ0) is 33.1. The number of hydrogen-bond acceptors (Lipinski definition) is 7. The van der Waals surface area contributed by atoms with Crippen molar-refractivity contribution in [1.29, 1.82) is 0 Å². The molecule has 1 aliphatic heterocycles. The third kappa shape index (κ3) is 4.28. The zero-order valence-electron chi connectivity index (χ0n) is 28.2. The monoisotopic (exact) mass is 632 g/mol. The van der Waals surface area contributed by atoms with Gasteiger partial charge >= 0.3 is 11.9 Å². The molecule has 1 heterocycles.